The second-order valence-electron chi connectivity index (χ2n) is 7.11. The Morgan fingerprint density at radius 3 is 1.71 bits per heavy atom. The van der Waals surface area contributed by atoms with E-state index in [0.29, 0.717) is 38.5 Å². The molecule has 1 aliphatic heterocycles. The third-order valence-electron chi connectivity index (χ3n) is 4.60. The summed E-state index contributed by atoms with van der Waals surface area (Å²) in [5, 5.41) is 3.16. The van der Waals surface area contributed by atoms with Crippen molar-refractivity contribution in [3.63, 3.8) is 0 Å². The van der Waals surface area contributed by atoms with E-state index in [2.05, 4.69) is 5.32 Å². The molecule has 0 aromatic heterocycles. The molecule has 1 aromatic carbocycles. The van der Waals surface area contributed by atoms with E-state index < -0.39 is 29.5 Å². The van der Waals surface area contributed by atoms with Crippen molar-refractivity contribution in [2.24, 2.45) is 5.92 Å². The maximum Gasteiger partial charge on any atom is 0.416 e. The van der Waals surface area contributed by atoms with E-state index in [1.165, 1.54) is 0 Å². The SMILES string of the molecule is CC(C)CC[C@H](c1cc(C(F)(F)F)cc(C(F)(F)F)c1)N1CCNCC1.Cl.Cl. The molecule has 1 N–H and O–H groups in total. The summed E-state index contributed by atoms with van der Waals surface area (Å²) in [6, 6.07) is 1.49. The summed E-state index contributed by atoms with van der Waals surface area (Å²) in [6.07, 6.45) is -8.38. The smallest absolute Gasteiger partial charge is 0.314 e. The normalized spacial score (nSPS) is 17.0. The molecule has 10 heteroatoms. The summed E-state index contributed by atoms with van der Waals surface area (Å²) in [4.78, 5) is 1.98. The lowest BCUT2D eigenvalue weighted by Crippen LogP contribution is -2.45. The van der Waals surface area contributed by atoms with E-state index in [9.17, 15) is 26.3 Å². The molecule has 1 heterocycles. The average molecular weight is 455 g/mol. The molecule has 0 radical (unpaired) electrons. The maximum absolute atomic E-state index is 13.2. The zero-order chi connectivity index (χ0) is 19.5. The van der Waals surface area contributed by atoms with Crippen LogP contribution in [-0.4, -0.2) is 31.1 Å². The number of hydrogen-bond donors (Lipinski definition) is 1. The van der Waals surface area contributed by atoms with Gasteiger partial charge >= 0.3 is 12.4 Å². The quantitative estimate of drug-likeness (QED) is 0.552. The lowest BCUT2D eigenvalue weighted by molar-refractivity contribution is -0.143. The molecule has 1 atom stereocenters. The summed E-state index contributed by atoms with van der Waals surface area (Å²) < 4.78 is 79.0. The number of nitrogens with zero attached hydrogens (tertiary/aromatic N) is 1. The Morgan fingerprint density at radius 2 is 1.32 bits per heavy atom. The van der Waals surface area contributed by atoms with Crippen molar-refractivity contribution in [3.05, 3.63) is 34.9 Å². The highest BCUT2D eigenvalue weighted by Crippen LogP contribution is 2.39. The van der Waals surface area contributed by atoms with E-state index in [0.717, 1.165) is 18.6 Å². The zero-order valence-electron chi connectivity index (χ0n) is 15.7. The predicted molar refractivity (Wildman–Crippen MR) is 102 cm³/mol. The van der Waals surface area contributed by atoms with Crippen molar-refractivity contribution in [3.8, 4) is 0 Å². The van der Waals surface area contributed by atoms with Crippen LogP contribution in [0.1, 0.15) is 49.4 Å². The molecule has 164 valence electrons. The lowest BCUT2D eigenvalue weighted by Gasteiger charge is -2.36. The Bertz CT molecular complexity index is 566. The van der Waals surface area contributed by atoms with Crippen LogP contribution in [0.4, 0.5) is 26.3 Å². The molecule has 0 amide bonds. The molecule has 28 heavy (non-hydrogen) atoms. The minimum Gasteiger partial charge on any atom is -0.314 e. The molecule has 0 spiro atoms. The molecule has 1 fully saturated rings. The molecule has 1 aliphatic rings. The van der Waals surface area contributed by atoms with E-state index in [4.69, 9.17) is 0 Å². The van der Waals surface area contributed by atoms with Crippen LogP contribution in [-0.2, 0) is 12.4 Å². The van der Waals surface area contributed by atoms with Crippen molar-refractivity contribution in [2.75, 3.05) is 26.2 Å². The first-order chi connectivity index (χ1) is 12.0. The Balaban J connectivity index is 0.00000364. The molecule has 2 nitrogen and oxygen atoms in total. The molecule has 1 saturated heterocycles. The molecule has 0 saturated carbocycles. The highest BCUT2D eigenvalue weighted by Gasteiger charge is 2.38. The molecule has 2 rings (SSSR count). The number of halogens is 8. The largest absolute Gasteiger partial charge is 0.416 e. The van der Waals surface area contributed by atoms with Gasteiger partial charge in [-0.05, 0) is 42.5 Å². The highest BCUT2D eigenvalue weighted by molar-refractivity contribution is 5.85. The molecule has 1 aromatic rings. The minimum atomic E-state index is -4.82. The van der Waals surface area contributed by atoms with Crippen LogP contribution >= 0.6 is 24.8 Å². The fraction of sp³-hybridized carbons (Fsp3) is 0.667. The van der Waals surface area contributed by atoms with Gasteiger partial charge in [0.1, 0.15) is 0 Å². The summed E-state index contributed by atoms with van der Waals surface area (Å²) in [5.74, 6) is 0.313. The van der Waals surface area contributed by atoms with Crippen LogP contribution in [0.15, 0.2) is 18.2 Å². The molecule has 0 aliphatic carbocycles. The summed E-state index contributed by atoms with van der Waals surface area (Å²) >= 11 is 0. The third kappa shape index (κ3) is 7.61. The number of rotatable bonds is 5. The van der Waals surface area contributed by atoms with Gasteiger partial charge in [-0.1, -0.05) is 13.8 Å². The van der Waals surface area contributed by atoms with Gasteiger partial charge in [0, 0.05) is 32.2 Å². The number of hydrogen-bond acceptors (Lipinski definition) is 2. The van der Waals surface area contributed by atoms with E-state index >= 15 is 0 Å². The fourth-order valence-electron chi connectivity index (χ4n) is 3.22. The second kappa shape index (κ2) is 10.9. The first-order valence-electron chi connectivity index (χ1n) is 8.72. The topological polar surface area (TPSA) is 15.3 Å². The summed E-state index contributed by atoms with van der Waals surface area (Å²) in [5.41, 5.74) is -2.39. The van der Waals surface area contributed by atoms with Gasteiger partial charge < -0.3 is 5.32 Å². The van der Waals surface area contributed by atoms with Crippen molar-refractivity contribution >= 4 is 24.8 Å². The average Bonchev–Trinajstić information content (AvgIpc) is 2.54. The minimum absolute atomic E-state index is 0. The van der Waals surface area contributed by atoms with Gasteiger partial charge in [-0.15, -0.1) is 24.8 Å². The van der Waals surface area contributed by atoms with Crippen LogP contribution in [0.2, 0.25) is 0 Å². The maximum atomic E-state index is 13.2. The number of alkyl halides is 6. The van der Waals surface area contributed by atoms with E-state index in [1.807, 2.05) is 18.7 Å². The second-order valence-corrected chi connectivity index (χ2v) is 7.11. The summed E-state index contributed by atoms with van der Waals surface area (Å²) in [7, 11) is 0. The highest BCUT2D eigenvalue weighted by atomic mass is 35.5. The van der Waals surface area contributed by atoms with Gasteiger partial charge in [-0.3, -0.25) is 4.90 Å². The number of benzene rings is 1. The van der Waals surface area contributed by atoms with Crippen molar-refractivity contribution in [1.29, 1.82) is 0 Å². The lowest BCUT2D eigenvalue weighted by atomic mass is 9.93. The number of piperazine rings is 1. The van der Waals surface area contributed by atoms with Crippen LogP contribution in [0, 0.1) is 5.92 Å². The predicted octanol–water partition coefficient (Wildman–Crippen LogP) is 5.95. The van der Waals surface area contributed by atoms with Gasteiger partial charge in [0.05, 0.1) is 11.1 Å². The van der Waals surface area contributed by atoms with Crippen molar-refractivity contribution < 1.29 is 26.3 Å². The van der Waals surface area contributed by atoms with Crippen molar-refractivity contribution in [1.82, 2.24) is 10.2 Å². The summed E-state index contributed by atoms with van der Waals surface area (Å²) in [6.45, 7) is 6.51. The van der Waals surface area contributed by atoms with Crippen molar-refractivity contribution in [2.45, 2.75) is 45.1 Å². The first kappa shape index (κ1) is 27.3. The molecular formula is C18H26Cl2F6N2. The Morgan fingerprint density at radius 1 is 0.857 bits per heavy atom. The molecule has 0 bridgehead atoms. The van der Waals surface area contributed by atoms with Crippen LogP contribution in [0.3, 0.4) is 0 Å². The van der Waals surface area contributed by atoms with Gasteiger partial charge in [0.25, 0.3) is 0 Å². The third-order valence-corrected chi connectivity index (χ3v) is 4.60. The Kier molecular flexibility index (Phi) is 10.6. The fourth-order valence-corrected chi connectivity index (χ4v) is 3.22. The van der Waals surface area contributed by atoms with E-state index in [1.54, 1.807) is 0 Å². The van der Waals surface area contributed by atoms with Crippen LogP contribution in [0.25, 0.3) is 0 Å². The zero-order valence-corrected chi connectivity index (χ0v) is 17.3. The molecule has 0 unspecified atom stereocenters. The first-order valence-corrected chi connectivity index (χ1v) is 8.72. The number of nitrogens with one attached hydrogen (secondary N) is 1. The van der Waals surface area contributed by atoms with Gasteiger partial charge in [0.2, 0.25) is 0 Å². The van der Waals surface area contributed by atoms with Gasteiger partial charge in [-0.2, -0.15) is 26.3 Å². The van der Waals surface area contributed by atoms with Crippen LogP contribution < -0.4 is 5.32 Å². The standard InChI is InChI=1S/C18H24F6N2.2ClH/c1-12(2)3-4-16(26-7-5-25-6-8-26)13-9-14(17(19,20)21)11-15(10-13)18(22,23)24;;/h9-12,16,25H,3-8H2,1-2H3;2*1H/t16-;;/m1../s1. The Hall–Kier alpha value is -0.700. The van der Waals surface area contributed by atoms with Gasteiger partial charge in [-0.25, -0.2) is 0 Å². The Labute approximate surface area is 173 Å². The molecular weight excluding hydrogens is 429 g/mol. The van der Waals surface area contributed by atoms with Gasteiger partial charge in [0.15, 0.2) is 0 Å². The monoisotopic (exact) mass is 454 g/mol. The van der Waals surface area contributed by atoms with E-state index in [-0.39, 0.29) is 36.4 Å². The van der Waals surface area contributed by atoms with Crippen LogP contribution in [0.5, 0.6) is 0 Å².